The van der Waals surface area contributed by atoms with E-state index in [1.54, 1.807) is 0 Å². The summed E-state index contributed by atoms with van der Waals surface area (Å²) in [6.07, 6.45) is 6.93. The standard InChI is InChI=1S/C17H28N2/c1-3-16-6-4-5-7-17(16)19(2)13-15-10-8-14(12-18)9-11-15/h8-11,16-17H,3-7,12-13,18H2,1-2H3. The summed E-state index contributed by atoms with van der Waals surface area (Å²) in [6, 6.07) is 9.53. The van der Waals surface area contributed by atoms with Crippen LogP contribution in [0.5, 0.6) is 0 Å². The van der Waals surface area contributed by atoms with Gasteiger partial charge >= 0.3 is 0 Å². The molecule has 2 heteroatoms. The zero-order chi connectivity index (χ0) is 13.7. The van der Waals surface area contributed by atoms with E-state index in [1.165, 1.54) is 43.2 Å². The van der Waals surface area contributed by atoms with Crippen LogP contribution in [0.4, 0.5) is 0 Å². The Balaban J connectivity index is 1.96. The minimum atomic E-state index is 0.636. The summed E-state index contributed by atoms with van der Waals surface area (Å²) in [4.78, 5) is 2.56. The first kappa shape index (κ1) is 14.5. The number of benzene rings is 1. The predicted molar refractivity (Wildman–Crippen MR) is 81.8 cm³/mol. The van der Waals surface area contributed by atoms with Crippen molar-refractivity contribution in [1.29, 1.82) is 0 Å². The van der Waals surface area contributed by atoms with E-state index in [0.29, 0.717) is 6.54 Å². The Bertz CT molecular complexity index is 371. The van der Waals surface area contributed by atoms with Crippen LogP contribution >= 0.6 is 0 Å². The maximum absolute atomic E-state index is 5.64. The summed E-state index contributed by atoms with van der Waals surface area (Å²) < 4.78 is 0. The fourth-order valence-electron chi connectivity index (χ4n) is 3.43. The molecule has 0 amide bonds. The molecule has 0 saturated heterocycles. The van der Waals surface area contributed by atoms with Gasteiger partial charge in [0, 0.05) is 19.1 Å². The van der Waals surface area contributed by atoms with Gasteiger partial charge in [-0.1, -0.05) is 50.5 Å². The monoisotopic (exact) mass is 260 g/mol. The number of nitrogens with zero attached hydrogens (tertiary/aromatic N) is 1. The van der Waals surface area contributed by atoms with Gasteiger partial charge < -0.3 is 5.73 Å². The van der Waals surface area contributed by atoms with Gasteiger partial charge in [0.25, 0.3) is 0 Å². The predicted octanol–water partition coefficient (Wildman–Crippen LogP) is 3.55. The SMILES string of the molecule is CCC1CCCCC1N(C)Cc1ccc(CN)cc1. The first-order chi connectivity index (χ1) is 9.24. The second-order valence-electron chi connectivity index (χ2n) is 5.96. The Morgan fingerprint density at radius 2 is 1.74 bits per heavy atom. The van der Waals surface area contributed by atoms with Crippen molar-refractivity contribution < 1.29 is 0 Å². The van der Waals surface area contributed by atoms with E-state index in [0.717, 1.165) is 18.5 Å². The molecule has 1 aromatic carbocycles. The second-order valence-corrected chi connectivity index (χ2v) is 5.96. The van der Waals surface area contributed by atoms with Crippen LogP contribution in [-0.4, -0.2) is 18.0 Å². The summed E-state index contributed by atoms with van der Waals surface area (Å²) in [5, 5.41) is 0. The Labute approximate surface area is 118 Å². The highest BCUT2D eigenvalue weighted by Gasteiger charge is 2.26. The van der Waals surface area contributed by atoms with Gasteiger partial charge in [-0.15, -0.1) is 0 Å². The lowest BCUT2D eigenvalue weighted by molar-refractivity contribution is 0.120. The van der Waals surface area contributed by atoms with Crippen LogP contribution in [0.2, 0.25) is 0 Å². The molecule has 106 valence electrons. The van der Waals surface area contributed by atoms with Crippen LogP contribution in [0.1, 0.15) is 50.2 Å². The van der Waals surface area contributed by atoms with Crippen molar-refractivity contribution in [1.82, 2.24) is 4.90 Å². The van der Waals surface area contributed by atoms with Crippen LogP contribution in [0.15, 0.2) is 24.3 Å². The smallest absolute Gasteiger partial charge is 0.0233 e. The number of nitrogens with two attached hydrogens (primary N) is 1. The molecule has 2 N–H and O–H groups in total. The maximum Gasteiger partial charge on any atom is 0.0233 e. The molecule has 0 heterocycles. The molecular weight excluding hydrogens is 232 g/mol. The summed E-state index contributed by atoms with van der Waals surface area (Å²) in [5.74, 6) is 0.891. The van der Waals surface area contributed by atoms with Crippen LogP contribution < -0.4 is 5.73 Å². The van der Waals surface area contributed by atoms with Crippen molar-refractivity contribution in [3.8, 4) is 0 Å². The third-order valence-corrected chi connectivity index (χ3v) is 4.65. The Kier molecular flexibility index (Phi) is 5.41. The lowest BCUT2D eigenvalue weighted by atomic mass is 9.82. The Morgan fingerprint density at radius 3 is 2.37 bits per heavy atom. The fourth-order valence-corrected chi connectivity index (χ4v) is 3.43. The average Bonchev–Trinajstić information content (AvgIpc) is 2.48. The topological polar surface area (TPSA) is 29.3 Å². The van der Waals surface area contributed by atoms with E-state index in [4.69, 9.17) is 5.73 Å². The largest absolute Gasteiger partial charge is 0.326 e. The van der Waals surface area contributed by atoms with Crippen molar-refractivity contribution in [3.05, 3.63) is 35.4 Å². The first-order valence-corrected chi connectivity index (χ1v) is 7.72. The minimum Gasteiger partial charge on any atom is -0.326 e. The maximum atomic E-state index is 5.64. The van der Waals surface area contributed by atoms with Gasteiger partial charge in [0.05, 0.1) is 0 Å². The van der Waals surface area contributed by atoms with Crippen LogP contribution in [0.25, 0.3) is 0 Å². The molecule has 2 unspecified atom stereocenters. The Hall–Kier alpha value is -0.860. The number of hydrogen-bond donors (Lipinski definition) is 1. The molecule has 0 bridgehead atoms. The molecule has 0 aliphatic heterocycles. The zero-order valence-electron chi connectivity index (χ0n) is 12.4. The zero-order valence-corrected chi connectivity index (χ0v) is 12.4. The Morgan fingerprint density at radius 1 is 1.11 bits per heavy atom. The average molecular weight is 260 g/mol. The van der Waals surface area contributed by atoms with Gasteiger partial charge in [0.2, 0.25) is 0 Å². The van der Waals surface area contributed by atoms with E-state index < -0.39 is 0 Å². The fraction of sp³-hybridized carbons (Fsp3) is 0.647. The lowest BCUT2D eigenvalue weighted by Crippen LogP contribution is -2.39. The van der Waals surface area contributed by atoms with Crippen molar-refractivity contribution in [2.75, 3.05) is 7.05 Å². The molecular formula is C17H28N2. The molecule has 0 spiro atoms. The molecule has 2 atom stereocenters. The summed E-state index contributed by atoms with van der Waals surface area (Å²) in [7, 11) is 2.29. The van der Waals surface area contributed by atoms with Crippen molar-refractivity contribution in [3.63, 3.8) is 0 Å². The molecule has 1 aliphatic carbocycles. The number of hydrogen-bond acceptors (Lipinski definition) is 2. The summed E-state index contributed by atoms with van der Waals surface area (Å²) >= 11 is 0. The van der Waals surface area contributed by atoms with E-state index in [9.17, 15) is 0 Å². The molecule has 1 aliphatic rings. The number of rotatable bonds is 5. The van der Waals surface area contributed by atoms with Crippen LogP contribution in [-0.2, 0) is 13.1 Å². The van der Waals surface area contributed by atoms with Gasteiger partial charge in [0.1, 0.15) is 0 Å². The molecule has 0 aromatic heterocycles. The normalized spacial score (nSPS) is 23.8. The van der Waals surface area contributed by atoms with Crippen LogP contribution in [0, 0.1) is 5.92 Å². The van der Waals surface area contributed by atoms with Gasteiger partial charge in [-0.2, -0.15) is 0 Å². The molecule has 1 aromatic rings. The lowest BCUT2D eigenvalue weighted by Gasteiger charge is -2.37. The molecule has 19 heavy (non-hydrogen) atoms. The second kappa shape index (κ2) is 7.06. The highest BCUT2D eigenvalue weighted by Crippen LogP contribution is 2.30. The minimum absolute atomic E-state index is 0.636. The van der Waals surface area contributed by atoms with E-state index in [-0.39, 0.29) is 0 Å². The van der Waals surface area contributed by atoms with Gasteiger partial charge in [-0.25, -0.2) is 0 Å². The highest BCUT2D eigenvalue weighted by molar-refractivity contribution is 5.22. The van der Waals surface area contributed by atoms with Gasteiger partial charge in [0.15, 0.2) is 0 Å². The molecule has 0 radical (unpaired) electrons. The quantitative estimate of drug-likeness (QED) is 0.877. The van der Waals surface area contributed by atoms with Crippen molar-refractivity contribution in [2.24, 2.45) is 11.7 Å². The third kappa shape index (κ3) is 3.80. The molecule has 1 saturated carbocycles. The first-order valence-electron chi connectivity index (χ1n) is 7.72. The van der Waals surface area contributed by atoms with Crippen molar-refractivity contribution in [2.45, 2.75) is 58.2 Å². The van der Waals surface area contributed by atoms with Crippen LogP contribution in [0.3, 0.4) is 0 Å². The van der Waals surface area contributed by atoms with E-state index in [2.05, 4.69) is 43.1 Å². The molecule has 2 rings (SSSR count). The van der Waals surface area contributed by atoms with Gasteiger partial charge in [-0.05, 0) is 36.9 Å². The highest BCUT2D eigenvalue weighted by atomic mass is 15.1. The summed E-state index contributed by atoms with van der Waals surface area (Å²) in [6.45, 7) is 4.04. The van der Waals surface area contributed by atoms with E-state index in [1.807, 2.05) is 0 Å². The summed E-state index contributed by atoms with van der Waals surface area (Å²) in [5.41, 5.74) is 8.26. The van der Waals surface area contributed by atoms with Crippen molar-refractivity contribution >= 4 is 0 Å². The molecule has 1 fully saturated rings. The molecule has 2 nitrogen and oxygen atoms in total. The third-order valence-electron chi connectivity index (χ3n) is 4.65. The van der Waals surface area contributed by atoms with Gasteiger partial charge in [-0.3, -0.25) is 4.90 Å². The van der Waals surface area contributed by atoms with E-state index >= 15 is 0 Å².